The Morgan fingerprint density at radius 1 is 1.42 bits per heavy atom. The lowest BCUT2D eigenvalue weighted by Crippen LogP contribution is -2.39. The van der Waals surface area contributed by atoms with Gasteiger partial charge < -0.3 is 10.5 Å². The maximum Gasteiger partial charge on any atom is 0.416 e. The first kappa shape index (κ1) is 18.6. The van der Waals surface area contributed by atoms with Gasteiger partial charge in [-0.05, 0) is 51.1 Å². The van der Waals surface area contributed by atoms with E-state index in [2.05, 4.69) is 11.9 Å². The van der Waals surface area contributed by atoms with Crippen LogP contribution >= 0.6 is 11.8 Å². The number of amides is 1. The van der Waals surface area contributed by atoms with Gasteiger partial charge >= 0.3 is 6.09 Å². The van der Waals surface area contributed by atoms with Gasteiger partial charge in [0.15, 0.2) is 0 Å². The minimum Gasteiger partial charge on any atom is -0.443 e. The summed E-state index contributed by atoms with van der Waals surface area (Å²) in [5.41, 5.74) is 7.03. The number of rotatable bonds is 5. The van der Waals surface area contributed by atoms with Crippen molar-refractivity contribution in [2.75, 3.05) is 24.6 Å². The quantitative estimate of drug-likeness (QED) is 0.492. The summed E-state index contributed by atoms with van der Waals surface area (Å²) < 4.78 is 5.51. The molecule has 1 heterocycles. The van der Waals surface area contributed by atoms with E-state index in [-0.39, 0.29) is 6.09 Å². The number of thioether (sulfide) groups is 1. The van der Waals surface area contributed by atoms with Crippen LogP contribution in [-0.4, -0.2) is 41.3 Å². The van der Waals surface area contributed by atoms with Gasteiger partial charge in [-0.1, -0.05) is 13.3 Å². The van der Waals surface area contributed by atoms with Crippen molar-refractivity contribution in [1.82, 2.24) is 4.90 Å². The Kier molecular flexibility index (Phi) is 6.15. The van der Waals surface area contributed by atoms with Gasteiger partial charge in [0.05, 0.1) is 13.1 Å². The summed E-state index contributed by atoms with van der Waals surface area (Å²) in [7, 11) is 0. The van der Waals surface area contributed by atoms with Crippen LogP contribution in [0.3, 0.4) is 0 Å². The highest BCUT2D eigenvalue weighted by Gasteiger charge is 2.30. The van der Waals surface area contributed by atoms with E-state index in [4.69, 9.17) is 10.5 Å². The number of nitrogens with zero attached hydrogens (tertiary/aromatic N) is 2. The summed E-state index contributed by atoms with van der Waals surface area (Å²) in [5, 5.41) is 0. The van der Waals surface area contributed by atoms with Gasteiger partial charge in [-0.25, -0.2) is 4.79 Å². The molecule has 0 saturated heterocycles. The first-order valence-electron chi connectivity index (χ1n) is 8.39. The number of amidine groups is 1. The Hall–Kier alpha value is -1.69. The predicted molar refractivity (Wildman–Crippen MR) is 101 cm³/mol. The zero-order valence-corrected chi connectivity index (χ0v) is 15.8. The van der Waals surface area contributed by atoms with E-state index in [1.165, 1.54) is 0 Å². The van der Waals surface area contributed by atoms with Crippen LogP contribution in [-0.2, 0) is 4.74 Å². The Bertz CT molecular complexity index is 623. The summed E-state index contributed by atoms with van der Waals surface area (Å²) in [6.07, 6.45) is 1.95. The minimum atomic E-state index is -0.529. The number of nitrogen functional groups attached to an aromatic ring is 1. The van der Waals surface area contributed by atoms with E-state index in [0.29, 0.717) is 24.6 Å². The molecule has 132 valence electrons. The van der Waals surface area contributed by atoms with Gasteiger partial charge in [0.25, 0.3) is 0 Å². The number of carbonyl (C=O) groups excluding carboxylic acids is 1. The molecule has 0 bridgehead atoms. The smallest absolute Gasteiger partial charge is 0.416 e. The van der Waals surface area contributed by atoms with Crippen molar-refractivity contribution in [1.29, 1.82) is 0 Å². The number of aliphatic imine (C=N–C) groups is 1. The third kappa shape index (κ3) is 4.90. The summed E-state index contributed by atoms with van der Waals surface area (Å²) in [5.74, 6) is 1.70. The Morgan fingerprint density at radius 2 is 2.17 bits per heavy atom. The first-order chi connectivity index (χ1) is 11.3. The number of carbonyl (C=O) groups is 1. The van der Waals surface area contributed by atoms with Crippen LogP contribution in [0.4, 0.5) is 10.5 Å². The molecule has 0 atom stereocenters. The Labute approximate surface area is 148 Å². The normalized spacial score (nSPS) is 14.7. The van der Waals surface area contributed by atoms with Crippen LogP contribution in [0.25, 0.3) is 0 Å². The second-order valence-corrected chi connectivity index (χ2v) is 7.93. The lowest BCUT2D eigenvalue weighted by Gasteiger charge is -2.25. The zero-order chi connectivity index (χ0) is 17.7. The summed E-state index contributed by atoms with van der Waals surface area (Å²) >= 11 is 1.78. The molecule has 0 spiro atoms. The summed E-state index contributed by atoms with van der Waals surface area (Å²) in [4.78, 5) is 19.7. The van der Waals surface area contributed by atoms with E-state index in [0.717, 1.165) is 29.1 Å². The van der Waals surface area contributed by atoms with E-state index in [1.807, 2.05) is 39.0 Å². The fourth-order valence-electron chi connectivity index (χ4n) is 2.35. The maximum absolute atomic E-state index is 12.5. The van der Waals surface area contributed by atoms with Crippen molar-refractivity contribution in [3.63, 3.8) is 0 Å². The third-order valence-corrected chi connectivity index (χ3v) is 4.61. The first-order valence-corrected chi connectivity index (χ1v) is 9.38. The molecule has 0 aliphatic carbocycles. The molecular formula is C18H27N3O2S. The zero-order valence-electron chi connectivity index (χ0n) is 15.0. The van der Waals surface area contributed by atoms with Crippen molar-refractivity contribution in [2.45, 2.75) is 51.0 Å². The molecule has 1 aromatic carbocycles. The molecule has 1 amide bonds. The van der Waals surface area contributed by atoms with Gasteiger partial charge in [-0.3, -0.25) is 9.89 Å². The van der Waals surface area contributed by atoms with Crippen LogP contribution in [0.15, 0.2) is 28.1 Å². The maximum atomic E-state index is 12.5. The number of nitrogens with two attached hydrogens (primary N) is 1. The topological polar surface area (TPSA) is 67.9 Å². The monoisotopic (exact) mass is 349 g/mol. The van der Waals surface area contributed by atoms with E-state index < -0.39 is 5.60 Å². The van der Waals surface area contributed by atoms with Gasteiger partial charge in [0.1, 0.15) is 11.4 Å². The van der Waals surface area contributed by atoms with Crippen LogP contribution in [0.2, 0.25) is 0 Å². The highest BCUT2D eigenvalue weighted by molar-refractivity contribution is 7.99. The molecule has 0 radical (unpaired) electrons. The Balaban J connectivity index is 2.25. The molecule has 1 aliphatic heterocycles. The lowest BCUT2D eigenvalue weighted by molar-refractivity contribution is 0.0384. The molecular weight excluding hydrogens is 322 g/mol. The third-order valence-electron chi connectivity index (χ3n) is 3.45. The summed E-state index contributed by atoms with van der Waals surface area (Å²) in [6.45, 7) is 8.90. The number of unbranched alkanes of at least 4 members (excludes halogenated alkanes) is 1. The van der Waals surface area contributed by atoms with Crippen LogP contribution in [0.1, 0.15) is 46.1 Å². The molecule has 0 fully saturated rings. The Morgan fingerprint density at radius 3 is 2.83 bits per heavy atom. The van der Waals surface area contributed by atoms with Crippen molar-refractivity contribution in [3.8, 4) is 0 Å². The molecule has 24 heavy (non-hydrogen) atoms. The van der Waals surface area contributed by atoms with Crippen molar-refractivity contribution >= 4 is 29.4 Å². The van der Waals surface area contributed by atoms with Crippen molar-refractivity contribution in [3.05, 3.63) is 23.8 Å². The van der Waals surface area contributed by atoms with Gasteiger partial charge in [0, 0.05) is 16.1 Å². The molecule has 0 saturated carbocycles. The molecule has 2 rings (SSSR count). The van der Waals surface area contributed by atoms with E-state index >= 15 is 0 Å². The number of benzene rings is 1. The molecule has 0 unspecified atom stereocenters. The van der Waals surface area contributed by atoms with E-state index in [9.17, 15) is 4.79 Å². The highest BCUT2D eigenvalue weighted by Crippen LogP contribution is 2.29. The second kappa shape index (κ2) is 7.92. The average molecular weight is 350 g/mol. The fraction of sp³-hybridized carbons (Fsp3) is 0.556. The van der Waals surface area contributed by atoms with Crippen molar-refractivity contribution in [2.24, 2.45) is 4.99 Å². The minimum absolute atomic E-state index is 0.356. The average Bonchev–Trinajstić information content (AvgIpc) is 2.96. The van der Waals surface area contributed by atoms with Gasteiger partial charge in [0.2, 0.25) is 0 Å². The molecule has 2 N–H and O–H groups in total. The second-order valence-electron chi connectivity index (χ2n) is 6.79. The fourth-order valence-corrected chi connectivity index (χ4v) is 3.47. The largest absolute Gasteiger partial charge is 0.443 e. The molecule has 1 aromatic rings. The standard InChI is InChI=1S/C18H27N3O2S/c1-5-6-11-24-15-8-7-13(19)12-14(15)16-20-9-10-21(16)17(22)23-18(2,3)4/h7-8,12H,5-6,9-11,19H2,1-4H3. The molecule has 0 aromatic heterocycles. The molecule has 1 aliphatic rings. The number of hydrogen-bond donors (Lipinski definition) is 1. The van der Waals surface area contributed by atoms with Gasteiger partial charge in [-0.2, -0.15) is 0 Å². The number of anilines is 1. The van der Waals surface area contributed by atoms with Crippen molar-refractivity contribution < 1.29 is 9.53 Å². The summed E-state index contributed by atoms with van der Waals surface area (Å²) in [6, 6.07) is 5.81. The highest BCUT2D eigenvalue weighted by atomic mass is 32.2. The van der Waals surface area contributed by atoms with Crippen LogP contribution < -0.4 is 5.73 Å². The lowest BCUT2D eigenvalue weighted by atomic mass is 10.1. The number of ether oxygens (including phenoxy) is 1. The van der Waals surface area contributed by atoms with Crippen LogP contribution in [0, 0.1) is 0 Å². The van der Waals surface area contributed by atoms with E-state index in [1.54, 1.807) is 16.7 Å². The molecule has 5 nitrogen and oxygen atoms in total. The number of hydrogen-bond acceptors (Lipinski definition) is 5. The molecule has 6 heteroatoms. The predicted octanol–water partition coefficient (Wildman–Crippen LogP) is 4.16. The van der Waals surface area contributed by atoms with Crippen LogP contribution in [0.5, 0.6) is 0 Å². The van der Waals surface area contributed by atoms with Gasteiger partial charge in [-0.15, -0.1) is 11.8 Å². The SMILES string of the molecule is CCCCSc1ccc(N)cc1C1=NCCN1C(=O)OC(C)(C)C.